The fourth-order valence-corrected chi connectivity index (χ4v) is 6.27. The Morgan fingerprint density at radius 3 is 2.65 bits per heavy atom. The van der Waals surface area contributed by atoms with Crippen molar-refractivity contribution < 1.29 is 18.0 Å². The predicted octanol–water partition coefficient (Wildman–Crippen LogP) is 3.24. The average Bonchev–Trinajstić information content (AvgIpc) is 3.61. The Morgan fingerprint density at radius 2 is 1.85 bits per heavy atom. The number of amides is 2. The van der Waals surface area contributed by atoms with Gasteiger partial charge in [-0.15, -0.1) is 0 Å². The van der Waals surface area contributed by atoms with Gasteiger partial charge in [0.2, 0.25) is 21.8 Å². The molecule has 0 spiro atoms. The van der Waals surface area contributed by atoms with E-state index in [2.05, 4.69) is 22.2 Å². The third-order valence-electron chi connectivity index (χ3n) is 7.09. The molecule has 1 heterocycles. The van der Waals surface area contributed by atoms with E-state index in [4.69, 9.17) is 0 Å². The molecule has 2 amide bonds. The summed E-state index contributed by atoms with van der Waals surface area (Å²) in [4.78, 5) is 27.1. The Kier molecular flexibility index (Phi) is 6.20. The lowest BCUT2D eigenvalue weighted by Gasteiger charge is -2.26. The second-order valence-corrected chi connectivity index (χ2v) is 11.5. The zero-order chi connectivity index (χ0) is 23.9. The fourth-order valence-electron chi connectivity index (χ4n) is 5.19. The van der Waals surface area contributed by atoms with E-state index in [0.717, 1.165) is 48.9 Å². The second kappa shape index (κ2) is 9.15. The topological polar surface area (TPSA) is 95.6 Å². The van der Waals surface area contributed by atoms with E-state index in [1.54, 1.807) is 18.2 Å². The van der Waals surface area contributed by atoms with Crippen LogP contribution in [0.15, 0.2) is 47.4 Å². The molecule has 3 aliphatic rings. The van der Waals surface area contributed by atoms with Crippen molar-refractivity contribution in [1.82, 2.24) is 10.0 Å². The first-order chi connectivity index (χ1) is 16.3. The van der Waals surface area contributed by atoms with Gasteiger partial charge in [0.05, 0.1) is 10.9 Å². The molecular formula is C26H31N3O4S. The summed E-state index contributed by atoms with van der Waals surface area (Å²) < 4.78 is 28.3. The van der Waals surface area contributed by atoms with Gasteiger partial charge in [-0.05, 0) is 80.3 Å². The molecule has 0 bridgehead atoms. The van der Waals surface area contributed by atoms with Crippen molar-refractivity contribution in [3.63, 3.8) is 0 Å². The number of carbonyl (C=O) groups is 2. The van der Waals surface area contributed by atoms with E-state index in [0.29, 0.717) is 6.42 Å². The molecular weight excluding hydrogens is 450 g/mol. The maximum Gasteiger partial charge on any atom is 0.240 e. The molecule has 1 aliphatic heterocycles. The molecule has 2 atom stereocenters. The SMILES string of the molecule is C[C@H]1Cc2cc(S(=O)(=O)NCCC(=O)N[C@@H]3CCCc4ccccc43)ccc2N1C(=O)C1CC1. The predicted molar refractivity (Wildman–Crippen MR) is 130 cm³/mol. The van der Waals surface area contributed by atoms with Crippen LogP contribution in [0.5, 0.6) is 0 Å². The van der Waals surface area contributed by atoms with Gasteiger partial charge in [0.25, 0.3) is 0 Å². The van der Waals surface area contributed by atoms with Crippen molar-refractivity contribution >= 4 is 27.5 Å². The Morgan fingerprint density at radius 1 is 1.06 bits per heavy atom. The quantitative estimate of drug-likeness (QED) is 0.635. The highest BCUT2D eigenvalue weighted by molar-refractivity contribution is 7.89. The van der Waals surface area contributed by atoms with Crippen LogP contribution in [-0.2, 0) is 32.5 Å². The molecule has 34 heavy (non-hydrogen) atoms. The van der Waals surface area contributed by atoms with Crippen molar-refractivity contribution in [1.29, 1.82) is 0 Å². The number of carbonyl (C=O) groups excluding carboxylic acids is 2. The van der Waals surface area contributed by atoms with Crippen LogP contribution in [-0.4, -0.2) is 32.8 Å². The van der Waals surface area contributed by atoms with E-state index in [-0.39, 0.29) is 47.7 Å². The summed E-state index contributed by atoms with van der Waals surface area (Å²) >= 11 is 0. The third kappa shape index (κ3) is 4.61. The molecule has 180 valence electrons. The first-order valence-corrected chi connectivity index (χ1v) is 13.6. The van der Waals surface area contributed by atoms with Gasteiger partial charge in [0.15, 0.2) is 0 Å². The molecule has 0 saturated heterocycles. The van der Waals surface area contributed by atoms with Crippen molar-refractivity contribution in [3.05, 3.63) is 59.2 Å². The van der Waals surface area contributed by atoms with E-state index in [1.807, 2.05) is 24.0 Å². The van der Waals surface area contributed by atoms with Crippen molar-refractivity contribution in [2.45, 2.75) is 68.8 Å². The number of sulfonamides is 1. The Balaban J connectivity index is 1.19. The number of benzene rings is 2. The molecule has 2 aromatic carbocycles. The lowest BCUT2D eigenvalue weighted by Crippen LogP contribution is -2.36. The van der Waals surface area contributed by atoms with Crippen LogP contribution < -0.4 is 14.9 Å². The number of rotatable bonds is 7. The number of anilines is 1. The summed E-state index contributed by atoms with van der Waals surface area (Å²) in [6, 6.07) is 13.1. The number of hydrogen-bond donors (Lipinski definition) is 2. The van der Waals surface area contributed by atoms with Gasteiger partial charge in [0, 0.05) is 30.6 Å². The molecule has 0 unspecified atom stereocenters. The van der Waals surface area contributed by atoms with E-state index < -0.39 is 10.0 Å². The van der Waals surface area contributed by atoms with Crippen LogP contribution in [0.1, 0.15) is 61.8 Å². The zero-order valence-electron chi connectivity index (χ0n) is 19.4. The van der Waals surface area contributed by atoms with E-state index in [1.165, 1.54) is 5.56 Å². The summed E-state index contributed by atoms with van der Waals surface area (Å²) in [6.45, 7) is 2.03. The number of hydrogen-bond acceptors (Lipinski definition) is 4. The minimum absolute atomic E-state index is 0.0194. The van der Waals surface area contributed by atoms with Gasteiger partial charge in [0.1, 0.15) is 0 Å². The largest absolute Gasteiger partial charge is 0.349 e. The first kappa shape index (κ1) is 23.1. The monoisotopic (exact) mass is 481 g/mol. The van der Waals surface area contributed by atoms with Crippen LogP contribution in [0.25, 0.3) is 0 Å². The molecule has 0 radical (unpaired) electrons. The van der Waals surface area contributed by atoms with Gasteiger partial charge in [-0.3, -0.25) is 9.59 Å². The molecule has 8 heteroatoms. The zero-order valence-corrected chi connectivity index (χ0v) is 20.2. The van der Waals surface area contributed by atoms with E-state index >= 15 is 0 Å². The molecule has 1 fully saturated rings. The van der Waals surface area contributed by atoms with Gasteiger partial charge in [-0.1, -0.05) is 24.3 Å². The standard InChI is InChI=1S/C26H31N3O4S/c1-17-15-20-16-21(11-12-24(20)29(17)26(31)19-9-10-19)34(32,33)27-14-13-25(30)28-23-8-4-6-18-5-2-3-7-22(18)23/h2-3,5,7,11-12,16-17,19,23,27H,4,6,8-10,13-15H2,1H3,(H,28,30)/t17-,23+/m0/s1. The Bertz CT molecular complexity index is 1220. The van der Waals surface area contributed by atoms with Crippen LogP contribution in [0.3, 0.4) is 0 Å². The van der Waals surface area contributed by atoms with Crippen molar-refractivity contribution in [3.8, 4) is 0 Å². The van der Waals surface area contributed by atoms with Gasteiger partial charge >= 0.3 is 0 Å². The summed E-state index contributed by atoms with van der Waals surface area (Å²) in [6.07, 6.45) is 5.53. The summed E-state index contributed by atoms with van der Waals surface area (Å²) in [5.74, 6) is 0.0970. The van der Waals surface area contributed by atoms with Crippen molar-refractivity contribution in [2.75, 3.05) is 11.4 Å². The molecule has 2 aliphatic carbocycles. The molecule has 2 N–H and O–H groups in total. The van der Waals surface area contributed by atoms with E-state index in [9.17, 15) is 18.0 Å². The lowest BCUT2D eigenvalue weighted by molar-refractivity contribution is -0.122. The van der Waals surface area contributed by atoms with Crippen molar-refractivity contribution in [2.24, 2.45) is 5.92 Å². The molecule has 7 nitrogen and oxygen atoms in total. The number of aryl methyl sites for hydroxylation is 1. The maximum atomic E-state index is 12.9. The normalized spacial score (nSPS) is 21.6. The highest BCUT2D eigenvalue weighted by Crippen LogP contribution is 2.39. The van der Waals surface area contributed by atoms with Crippen LogP contribution in [0.4, 0.5) is 5.69 Å². The smallest absolute Gasteiger partial charge is 0.240 e. The Labute approximate surface area is 201 Å². The van der Waals surface area contributed by atoms with Crippen LogP contribution in [0, 0.1) is 5.92 Å². The maximum absolute atomic E-state index is 12.9. The summed E-state index contributed by atoms with van der Waals surface area (Å²) in [5.41, 5.74) is 4.11. The summed E-state index contributed by atoms with van der Waals surface area (Å²) in [7, 11) is -3.75. The molecule has 1 saturated carbocycles. The minimum atomic E-state index is -3.75. The lowest BCUT2D eigenvalue weighted by atomic mass is 9.88. The number of nitrogens with zero attached hydrogens (tertiary/aromatic N) is 1. The minimum Gasteiger partial charge on any atom is -0.349 e. The average molecular weight is 482 g/mol. The van der Waals surface area contributed by atoms with Crippen LogP contribution >= 0.6 is 0 Å². The highest BCUT2D eigenvalue weighted by atomic mass is 32.2. The molecule has 5 rings (SSSR count). The highest BCUT2D eigenvalue weighted by Gasteiger charge is 2.39. The van der Waals surface area contributed by atoms with Crippen LogP contribution in [0.2, 0.25) is 0 Å². The first-order valence-electron chi connectivity index (χ1n) is 12.2. The third-order valence-corrected chi connectivity index (χ3v) is 8.55. The fraction of sp³-hybridized carbons (Fsp3) is 0.462. The van der Waals surface area contributed by atoms with Gasteiger partial charge in [-0.2, -0.15) is 0 Å². The number of nitrogens with one attached hydrogen (secondary N) is 2. The van der Waals surface area contributed by atoms with Gasteiger partial charge in [-0.25, -0.2) is 13.1 Å². The molecule has 0 aromatic heterocycles. The molecule has 2 aromatic rings. The summed E-state index contributed by atoms with van der Waals surface area (Å²) in [5, 5.41) is 3.06. The Hall–Kier alpha value is -2.71. The second-order valence-electron chi connectivity index (χ2n) is 9.69. The number of fused-ring (bicyclic) bond motifs is 2. The van der Waals surface area contributed by atoms with Gasteiger partial charge < -0.3 is 10.2 Å².